The Balaban J connectivity index is 0. The number of esters is 1. The van der Waals surface area contributed by atoms with Crippen LogP contribution in [0.1, 0.15) is 69.3 Å². The SMILES string of the molecule is CCC(C)(C)C(=O)OCCO.CCC(C)c1ccc(C(=O)[N-]S(=O)(=O)C(F)(F)F)cc1.[Na+]. The van der Waals surface area contributed by atoms with Crippen LogP contribution in [0.2, 0.25) is 0 Å². The van der Waals surface area contributed by atoms with E-state index in [0.29, 0.717) is 0 Å². The number of rotatable bonds is 8. The van der Waals surface area contributed by atoms with Gasteiger partial charge in [-0.05, 0) is 43.7 Å². The normalized spacial score (nSPS) is 12.5. The second-order valence-electron chi connectivity index (χ2n) is 7.35. The van der Waals surface area contributed by atoms with Crippen LogP contribution in [0.25, 0.3) is 4.72 Å². The predicted octanol–water partition coefficient (Wildman–Crippen LogP) is 1.53. The van der Waals surface area contributed by atoms with E-state index in [1.165, 1.54) is 12.1 Å². The molecule has 0 radical (unpaired) electrons. The molecule has 0 heterocycles. The Labute approximate surface area is 209 Å². The second-order valence-corrected chi connectivity index (χ2v) is 8.94. The zero-order valence-corrected chi connectivity index (χ0v) is 22.0. The molecule has 0 fully saturated rings. The molecule has 0 aliphatic heterocycles. The minimum atomic E-state index is -5.80. The van der Waals surface area contributed by atoms with E-state index in [4.69, 9.17) is 9.84 Å². The summed E-state index contributed by atoms with van der Waals surface area (Å²) in [6.45, 7) is 9.50. The van der Waals surface area contributed by atoms with Crippen LogP contribution in [0.4, 0.5) is 13.2 Å². The van der Waals surface area contributed by atoms with E-state index in [9.17, 15) is 31.2 Å². The minimum Gasteiger partial charge on any atom is -0.534 e. The molecule has 0 saturated heterocycles. The number of halogens is 3. The van der Waals surface area contributed by atoms with Crippen molar-refractivity contribution in [2.75, 3.05) is 13.2 Å². The summed E-state index contributed by atoms with van der Waals surface area (Å²) in [5.74, 6) is -1.44. The maximum Gasteiger partial charge on any atom is 1.00 e. The molecule has 0 aromatic heterocycles. The van der Waals surface area contributed by atoms with Crippen LogP contribution < -0.4 is 29.6 Å². The van der Waals surface area contributed by atoms with Gasteiger partial charge in [-0.1, -0.05) is 45.0 Å². The molecule has 1 amide bonds. The quantitative estimate of drug-likeness (QED) is 0.436. The first-order valence-electron chi connectivity index (χ1n) is 9.59. The standard InChI is InChI=1S/C12H14F3NO3S.C8H16O3.Na/c1-3-8(2)9-4-6-10(7-5-9)11(17)16-20(18,19)12(13,14)15;1-4-8(2,3)7(10)11-6-5-9;/h4-8H,3H2,1-2H3,(H,16,17);9H,4-6H2,1-3H3;/q;;+1/p-1. The van der Waals surface area contributed by atoms with Crippen molar-refractivity contribution in [2.45, 2.75) is 58.9 Å². The number of ether oxygens (including phenoxy) is 1. The maximum atomic E-state index is 12.1. The number of sulfonamides is 1. The van der Waals surface area contributed by atoms with Crippen LogP contribution in [0.3, 0.4) is 0 Å². The Morgan fingerprint density at radius 1 is 1.12 bits per heavy atom. The monoisotopic (exact) mass is 491 g/mol. The molecule has 12 heteroatoms. The molecular weight excluding hydrogens is 462 g/mol. The van der Waals surface area contributed by atoms with Crippen molar-refractivity contribution in [1.29, 1.82) is 0 Å². The fraction of sp³-hybridized carbons (Fsp3) is 0.600. The van der Waals surface area contributed by atoms with Gasteiger partial charge >= 0.3 is 41.0 Å². The van der Waals surface area contributed by atoms with Gasteiger partial charge in [0.05, 0.1) is 17.9 Å². The van der Waals surface area contributed by atoms with Crippen LogP contribution in [-0.4, -0.2) is 44.1 Å². The van der Waals surface area contributed by atoms with Crippen LogP contribution >= 0.6 is 0 Å². The van der Waals surface area contributed by atoms with Crippen molar-refractivity contribution in [1.82, 2.24) is 0 Å². The number of carbonyl (C=O) groups excluding carboxylic acids is 2. The van der Waals surface area contributed by atoms with Gasteiger partial charge in [-0.25, -0.2) is 8.42 Å². The summed E-state index contributed by atoms with van der Waals surface area (Å²) in [4.78, 5) is 22.5. The van der Waals surface area contributed by atoms with Gasteiger partial charge in [-0.2, -0.15) is 13.2 Å². The minimum absolute atomic E-state index is 0. The van der Waals surface area contributed by atoms with E-state index < -0.39 is 26.9 Å². The van der Waals surface area contributed by atoms with Crippen molar-refractivity contribution in [3.63, 3.8) is 0 Å². The molecule has 1 atom stereocenters. The Hall–Kier alpha value is -1.14. The van der Waals surface area contributed by atoms with Gasteiger partial charge in [-0.15, -0.1) is 0 Å². The topological polar surface area (TPSA) is 112 Å². The first-order valence-corrected chi connectivity index (χ1v) is 11.0. The van der Waals surface area contributed by atoms with E-state index in [0.717, 1.165) is 18.4 Å². The molecule has 7 nitrogen and oxygen atoms in total. The predicted molar refractivity (Wildman–Crippen MR) is 110 cm³/mol. The van der Waals surface area contributed by atoms with Gasteiger partial charge in [0.1, 0.15) is 6.61 Å². The van der Waals surface area contributed by atoms with Gasteiger partial charge in [0.25, 0.3) is 0 Å². The van der Waals surface area contributed by atoms with Gasteiger partial charge in [-0.3, -0.25) is 4.79 Å². The van der Waals surface area contributed by atoms with Crippen LogP contribution in [0.15, 0.2) is 24.3 Å². The number of nitrogens with zero attached hydrogens (tertiary/aromatic N) is 1. The van der Waals surface area contributed by atoms with E-state index in [2.05, 4.69) is 4.72 Å². The average Bonchev–Trinajstić information content (AvgIpc) is 2.70. The van der Waals surface area contributed by atoms with E-state index in [1.54, 1.807) is 12.1 Å². The Morgan fingerprint density at radius 3 is 2.00 bits per heavy atom. The number of alkyl halides is 3. The molecular formula is C20H29F3NNaO6S. The number of aliphatic hydroxyl groups is 1. The molecule has 0 bridgehead atoms. The zero-order valence-electron chi connectivity index (χ0n) is 19.2. The number of carbonyl (C=O) groups is 2. The molecule has 32 heavy (non-hydrogen) atoms. The fourth-order valence-corrected chi connectivity index (χ4v) is 2.31. The van der Waals surface area contributed by atoms with Crippen molar-refractivity contribution < 1.29 is 70.6 Å². The first-order chi connectivity index (χ1) is 14.1. The summed E-state index contributed by atoms with van der Waals surface area (Å²) in [7, 11) is -5.80. The second kappa shape index (κ2) is 14.2. The summed E-state index contributed by atoms with van der Waals surface area (Å²) in [5, 5.41) is 8.38. The van der Waals surface area contributed by atoms with E-state index >= 15 is 0 Å². The third-order valence-electron chi connectivity index (χ3n) is 4.60. The third kappa shape index (κ3) is 10.7. The van der Waals surface area contributed by atoms with Crippen LogP contribution in [0, 0.1) is 5.41 Å². The number of hydrogen-bond acceptors (Lipinski definition) is 6. The van der Waals surface area contributed by atoms with Crippen molar-refractivity contribution in [3.05, 3.63) is 40.1 Å². The first kappa shape index (κ1) is 33.0. The summed E-state index contributed by atoms with van der Waals surface area (Å²) in [6, 6.07) is 5.66. The van der Waals surface area contributed by atoms with Crippen LogP contribution in [-0.2, 0) is 19.6 Å². The number of hydrogen-bond donors (Lipinski definition) is 1. The van der Waals surface area contributed by atoms with Gasteiger partial charge in [0.15, 0.2) is 10.0 Å². The average molecular weight is 492 g/mol. The van der Waals surface area contributed by atoms with Crippen LogP contribution in [0.5, 0.6) is 0 Å². The molecule has 178 valence electrons. The summed E-state index contributed by atoms with van der Waals surface area (Å²) < 4.78 is 64.8. The largest absolute Gasteiger partial charge is 1.00 e. The third-order valence-corrected chi connectivity index (χ3v) is 5.59. The molecule has 0 aliphatic carbocycles. The zero-order chi connectivity index (χ0) is 24.5. The van der Waals surface area contributed by atoms with Gasteiger partial charge < -0.3 is 19.4 Å². The molecule has 1 rings (SSSR count). The number of aliphatic hydroxyl groups excluding tert-OH is 1. The summed E-state index contributed by atoms with van der Waals surface area (Å²) in [5.41, 5.74) is -5.29. The molecule has 0 saturated carbocycles. The summed E-state index contributed by atoms with van der Waals surface area (Å²) in [6.07, 6.45) is 1.61. The molecule has 0 aliphatic rings. The summed E-state index contributed by atoms with van der Waals surface area (Å²) >= 11 is 0. The Morgan fingerprint density at radius 2 is 1.62 bits per heavy atom. The van der Waals surface area contributed by atoms with Crippen molar-refractivity contribution in [3.8, 4) is 0 Å². The molecule has 0 spiro atoms. The molecule has 1 aromatic carbocycles. The Bertz CT molecular complexity index is 827. The Kier molecular flexibility index (Phi) is 14.7. The van der Waals surface area contributed by atoms with E-state index in [-0.39, 0.29) is 60.2 Å². The van der Waals surface area contributed by atoms with E-state index in [1.807, 2.05) is 34.6 Å². The maximum absolute atomic E-state index is 12.1. The van der Waals surface area contributed by atoms with Crippen molar-refractivity contribution in [2.24, 2.45) is 5.41 Å². The fourth-order valence-electron chi connectivity index (χ4n) is 1.88. The van der Waals surface area contributed by atoms with Crippen molar-refractivity contribution >= 4 is 21.9 Å². The molecule has 1 unspecified atom stereocenters. The molecule has 1 aromatic rings. The smallest absolute Gasteiger partial charge is 0.534 e. The number of benzene rings is 1. The number of amides is 1. The van der Waals surface area contributed by atoms with Gasteiger partial charge in [0.2, 0.25) is 0 Å². The van der Waals surface area contributed by atoms with Gasteiger partial charge in [0, 0.05) is 0 Å². The molecule has 1 N–H and O–H groups in total.